The van der Waals surface area contributed by atoms with Gasteiger partial charge in [-0.15, -0.1) is 0 Å². The third-order valence-electron chi connectivity index (χ3n) is 6.29. The monoisotopic (exact) mass is 421 g/mol. The molecule has 0 spiro atoms. The van der Waals surface area contributed by atoms with Crippen LogP contribution in [0.2, 0.25) is 0 Å². The SMILES string of the molecule is COc1cc(OC)c2c(c1-c1c(C)cc(OC)c3c(OC)cccc13)C[C@@H](C)N[C@@H]2C. The second kappa shape index (κ2) is 8.31. The number of benzene rings is 3. The molecular formula is C26H31NO4. The van der Waals surface area contributed by atoms with Gasteiger partial charge >= 0.3 is 0 Å². The Balaban J connectivity index is 2.17. The summed E-state index contributed by atoms with van der Waals surface area (Å²) < 4.78 is 23.2. The van der Waals surface area contributed by atoms with E-state index >= 15 is 0 Å². The molecule has 1 aliphatic rings. The van der Waals surface area contributed by atoms with Gasteiger partial charge < -0.3 is 24.3 Å². The zero-order valence-electron chi connectivity index (χ0n) is 19.4. The summed E-state index contributed by atoms with van der Waals surface area (Å²) in [5.41, 5.74) is 5.86. The molecule has 5 heteroatoms. The molecule has 4 rings (SSSR count). The van der Waals surface area contributed by atoms with Crippen LogP contribution in [0, 0.1) is 6.92 Å². The molecular weight excluding hydrogens is 390 g/mol. The Morgan fingerprint density at radius 3 is 2.13 bits per heavy atom. The minimum Gasteiger partial charge on any atom is -0.496 e. The van der Waals surface area contributed by atoms with Crippen molar-refractivity contribution in [2.45, 2.75) is 39.3 Å². The van der Waals surface area contributed by atoms with E-state index in [1.54, 1.807) is 28.4 Å². The molecule has 0 saturated carbocycles. The second-order valence-electron chi connectivity index (χ2n) is 8.20. The number of hydrogen-bond donors (Lipinski definition) is 1. The van der Waals surface area contributed by atoms with Crippen LogP contribution in [-0.2, 0) is 6.42 Å². The fraction of sp³-hybridized carbons (Fsp3) is 0.385. The lowest BCUT2D eigenvalue weighted by Crippen LogP contribution is -2.36. The first kappa shape index (κ1) is 21.3. The van der Waals surface area contributed by atoms with Crippen LogP contribution in [0.25, 0.3) is 21.9 Å². The number of fused-ring (bicyclic) bond motifs is 2. The largest absolute Gasteiger partial charge is 0.496 e. The van der Waals surface area contributed by atoms with Crippen molar-refractivity contribution in [3.8, 4) is 34.1 Å². The van der Waals surface area contributed by atoms with Gasteiger partial charge in [-0.25, -0.2) is 0 Å². The first-order valence-corrected chi connectivity index (χ1v) is 10.6. The zero-order chi connectivity index (χ0) is 22.3. The van der Waals surface area contributed by atoms with Gasteiger partial charge in [-0.2, -0.15) is 0 Å². The van der Waals surface area contributed by atoms with Gasteiger partial charge in [0, 0.05) is 29.3 Å². The van der Waals surface area contributed by atoms with Crippen LogP contribution in [0.1, 0.15) is 36.6 Å². The highest BCUT2D eigenvalue weighted by Gasteiger charge is 2.31. The summed E-state index contributed by atoms with van der Waals surface area (Å²) in [6.07, 6.45) is 0.888. The Kier molecular flexibility index (Phi) is 5.71. The van der Waals surface area contributed by atoms with Crippen molar-refractivity contribution in [2.75, 3.05) is 28.4 Å². The molecule has 0 saturated heterocycles. The maximum absolute atomic E-state index is 5.93. The third-order valence-corrected chi connectivity index (χ3v) is 6.29. The normalized spacial score (nSPS) is 17.9. The first-order valence-electron chi connectivity index (χ1n) is 10.6. The molecule has 0 fully saturated rings. The first-order chi connectivity index (χ1) is 14.9. The molecule has 1 heterocycles. The number of hydrogen-bond acceptors (Lipinski definition) is 5. The van der Waals surface area contributed by atoms with E-state index < -0.39 is 0 Å². The molecule has 1 N–H and O–H groups in total. The molecule has 0 aromatic heterocycles. The van der Waals surface area contributed by atoms with E-state index in [4.69, 9.17) is 18.9 Å². The van der Waals surface area contributed by atoms with E-state index in [2.05, 4.69) is 38.2 Å². The van der Waals surface area contributed by atoms with Crippen LogP contribution in [0.5, 0.6) is 23.0 Å². The number of rotatable bonds is 5. The molecule has 0 amide bonds. The fourth-order valence-electron chi connectivity index (χ4n) is 5.08. The zero-order valence-corrected chi connectivity index (χ0v) is 19.4. The van der Waals surface area contributed by atoms with Gasteiger partial charge in [0.05, 0.1) is 33.8 Å². The second-order valence-corrected chi connectivity index (χ2v) is 8.20. The highest BCUT2D eigenvalue weighted by atomic mass is 16.5. The molecule has 2 atom stereocenters. The Morgan fingerprint density at radius 2 is 1.48 bits per heavy atom. The lowest BCUT2D eigenvalue weighted by Gasteiger charge is -2.33. The smallest absolute Gasteiger partial charge is 0.130 e. The maximum Gasteiger partial charge on any atom is 0.130 e. The van der Waals surface area contributed by atoms with E-state index in [9.17, 15) is 0 Å². The van der Waals surface area contributed by atoms with Gasteiger partial charge in [0.15, 0.2) is 0 Å². The molecule has 3 aromatic rings. The number of methoxy groups -OCH3 is 4. The van der Waals surface area contributed by atoms with Gasteiger partial charge in [0.25, 0.3) is 0 Å². The van der Waals surface area contributed by atoms with E-state index in [0.29, 0.717) is 6.04 Å². The molecule has 5 nitrogen and oxygen atoms in total. The highest BCUT2D eigenvalue weighted by Crippen LogP contribution is 2.50. The molecule has 3 aromatic carbocycles. The summed E-state index contributed by atoms with van der Waals surface area (Å²) >= 11 is 0. The third kappa shape index (κ3) is 3.37. The number of nitrogens with one attached hydrogen (secondary N) is 1. The molecule has 1 aliphatic heterocycles. The van der Waals surface area contributed by atoms with Gasteiger partial charge in [-0.3, -0.25) is 0 Å². The van der Waals surface area contributed by atoms with E-state index in [0.717, 1.165) is 56.9 Å². The summed E-state index contributed by atoms with van der Waals surface area (Å²) in [4.78, 5) is 0. The molecule has 0 bridgehead atoms. The summed E-state index contributed by atoms with van der Waals surface area (Å²) in [6, 6.07) is 10.8. The van der Waals surface area contributed by atoms with Crippen molar-refractivity contribution in [2.24, 2.45) is 0 Å². The summed E-state index contributed by atoms with van der Waals surface area (Å²) in [6.45, 7) is 6.53. The standard InChI is InChI=1S/C26H31NO4/c1-14-11-20(29-5)25-17(9-8-10-19(25)28-4)23(14)26-18-12-15(2)27-16(3)24(18)21(30-6)13-22(26)31-7/h8-11,13,15-16,27H,12H2,1-7H3/t15-,16-/m1/s1. The van der Waals surface area contributed by atoms with Crippen molar-refractivity contribution in [1.82, 2.24) is 5.32 Å². The number of aryl methyl sites for hydroxylation is 1. The van der Waals surface area contributed by atoms with Gasteiger partial charge in [-0.05, 0) is 61.4 Å². The van der Waals surface area contributed by atoms with E-state index in [-0.39, 0.29) is 6.04 Å². The summed E-state index contributed by atoms with van der Waals surface area (Å²) in [5.74, 6) is 3.27. The quantitative estimate of drug-likeness (QED) is 0.594. The Hall–Kier alpha value is -2.92. The van der Waals surface area contributed by atoms with E-state index in [1.165, 1.54) is 11.1 Å². The van der Waals surface area contributed by atoms with Crippen molar-refractivity contribution in [3.05, 3.63) is 47.0 Å². The summed E-state index contributed by atoms with van der Waals surface area (Å²) in [5, 5.41) is 5.71. The lowest BCUT2D eigenvalue weighted by molar-refractivity contribution is 0.371. The van der Waals surface area contributed by atoms with E-state index in [1.807, 2.05) is 18.2 Å². The van der Waals surface area contributed by atoms with Crippen molar-refractivity contribution >= 4 is 10.8 Å². The molecule has 31 heavy (non-hydrogen) atoms. The average molecular weight is 422 g/mol. The van der Waals surface area contributed by atoms with Gasteiger partial charge in [0.1, 0.15) is 23.0 Å². The van der Waals surface area contributed by atoms with Crippen LogP contribution in [0.3, 0.4) is 0 Å². The molecule has 164 valence electrons. The van der Waals surface area contributed by atoms with Crippen LogP contribution < -0.4 is 24.3 Å². The van der Waals surface area contributed by atoms with Gasteiger partial charge in [-0.1, -0.05) is 12.1 Å². The molecule has 0 unspecified atom stereocenters. The number of ether oxygens (including phenoxy) is 4. The maximum atomic E-state index is 5.93. The minimum atomic E-state index is 0.178. The van der Waals surface area contributed by atoms with Gasteiger partial charge in [0.2, 0.25) is 0 Å². The van der Waals surface area contributed by atoms with Crippen LogP contribution in [-0.4, -0.2) is 34.5 Å². The Labute approximate surface area is 184 Å². The van der Waals surface area contributed by atoms with Crippen LogP contribution >= 0.6 is 0 Å². The lowest BCUT2D eigenvalue weighted by atomic mass is 9.81. The van der Waals surface area contributed by atoms with Crippen molar-refractivity contribution < 1.29 is 18.9 Å². The topological polar surface area (TPSA) is 49.0 Å². The highest BCUT2D eigenvalue weighted by molar-refractivity contribution is 6.06. The fourth-order valence-corrected chi connectivity index (χ4v) is 5.08. The minimum absolute atomic E-state index is 0.178. The van der Waals surface area contributed by atoms with Crippen molar-refractivity contribution in [3.63, 3.8) is 0 Å². The summed E-state index contributed by atoms with van der Waals surface area (Å²) in [7, 11) is 6.84. The van der Waals surface area contributed by atoms with Crippen molar-refractivity contribution in [1.29, 1.82) is 0 Å². The van der Waals surface area contributed by atoms with Crippen LogP contribution in [0.15, 0.2) is 30.3 Å². The predicted octanol–water partition coefficient (Wildman–Crippen LogP) is 5.44. The Bertz CT molecular complexity index is 1140. The van der Waals surface area contributed by atoms with Crippen LogP contribution in [0.4, 0.5) is 0 Å². The average Bonchev–Trinajstić information content (AvgIpc) is 2.77. The predicted molar refractivity (Wildman–Crippen MR) is 125 cm³/mol. The Morgan fingerprint density at radius 1 is 0.806 bits per heavy atom. The molecule has 0 aliphatic carbocycles. The molecule has 0 radical (unpaired) electrons.